The van der Waals surface area contributed by atoms with Gasteiger partial charge in [0.15, 0.2) is 5.60 Å². The molecule has 2 spiro atoms. The Morgan fingerprint density at radius 2 is 1.80 bits per heavy atom. The first-order valence-corrected chi connectivity index (χ1v) is 5.89. The molecule has 0 aromatic rings. The molecule has 2 aliphatic carbocycles. The highest BCUT2D eigenvalue weighted by atomic mass is 16.7. The van der Waals surface area contributed by atoms with Crippen molar-refractivity contribution in [1.82, 2.24) is 0 Å². The molecule has 0 aromatic heterocycles. The van der Waals surface area contributed by atoms with E-state index in [1.165, 1.54) is 39.2 Å². The first kappa shape index (κ1) is 9.64. The van der Waals surface area contributed by atoms with Gasteiger partial charge < -0.3 is 9.47 Å². The summed E-state index contributed by atoms with van der Waals surface area (Å²) < 4.78 is 10.8. The summed E-state index contributed by atoms with van der Waals surface area (Å²) in [6.45, 7) is 1.91. The lowest BCUT2D eigenvalue weighted by Gasteiger charge is -2.43. The van der Waals surface area contributed by atoms with Crippen molar-refractivity contribution >= 4 is 5.97 Å². The van der Waals surface area contributed by atoms with Crippen LogP contribution >= 0.6 is 0 Å². The molecule has 1 heterocycles. The number of methoxy groups -OCH3 is 1. The molecule has 0 bridgehead atoms. The first-order valence-electron chi connectivity index (χ1n) is 5.89. The summed E-state index contributed by atoms with van der Waals surface area (Å²) >= 11 is 0. The number of esters is 1. The number of hydrogen-bond acceptors (Lipinski definition) is 3. The minimum atomic E-state index is -0.640. The Kier molecular flexibility index (Phi) is 1.65. The van der Waals surface area contributed by atoms with Gasteiger partial charge in [0.1, 0.15) is 5.60 Å². The van der Waals surface area contributed by atoms with Crippen LogP contribution < -0.4 is 0 Å². The molecule has 3 heteroatoms. The van der Waals surface area contributed by atoms with E-state index in [9.17, 15) is 4.79 Å². The largest absolute Gasteiger partial charge is 0.467 e. The maximum atomic E-state index is 11.7. The number of epoxide rings is 1. The van der Waals surface area contributed by atoms with Crippen molar-refractivity contribution in [3.8, 4) is 0 Å². The molecule has 0 radical (unpaired) electrons. The van der Waals surface area contributed by atoms with E-state index in [2.05, 4.69) is 0 Å². The predicted molar refractivity (Wildman–Crippen MR) is 54.4 cm³/mol. The van der Waals surface area contributed by atoms with E-state index in [-0.39, 0.29) is 11.6 Å². The lowest BCUT2D eigenvalue weighted by Crippen LogP contribution is -2.46. The van der Waals surface area contributed by atoms with E-state index in [1.54, 1.807) is 0 Å². The molecule has 2 atom stereocenters. The molecular weight excluding hydrogens is 192 g/mol. The standard InChI is InChI=1S/C12H18O3/c1-10(9(13)14-2)12(15-10)8-4-7-11(12)5-3-6-11/h3-8H2,1-2H3. The second-order valence-corrected chi connectivity index (χ2v) is 5.44. The second kappa shape index (κ2) is 2.57. The van der Waals surface area contributed by atoms with Gasteiger partial charge in [-0.25, -0.2) is 4.79 Å². The zero-order chi connectivity index (χ0) is 10.7. The molecule has 3 fully saturated rings. The van der Waals surface area contributed by atoms with Crippen LogP contribution in [0.25, 0.3) is 0 Å². The summed E-state index contributed by atoms with van der Waals surface area (Å²) in [5.74, 6) is -0.185. The molecule has 2 unspecified atom stereocenters. The minimum Gasteiger partial charge on any atom is -0.467 e. The quantitative estimate of drug-likeness (QED) is 0.491. The van der Waals surface area contributed by atoms with Crippen molar-refractivity contribution in [3.63, 3.8) is 0 Å². The lowest BCUT2D eigenvalue weighted by molar-refractivity contribution is -0.146. The van der Waals surface area contributed by atoms with Crippen molar-refractivity contribution in [1.29, 1.82) is 0 Å². The summed E-state index contributed by atoms with van der Waals surface area (Å²) in [4.78, 5) is 11.7. The van der Waals surface area contributed by atoms with Crippen LogP contribution in [0.15, 0.2) is 0 Å². The molecule has 0 amide bonds. The monoisotopic (exact) mass is 210 g/mol. The van der Waals surface area contributed by atoms with Crippen LogP contribution in [0.4, 0.5) is 0 Å². The Labute approximate surface area is 90.1 Å². The average Bonchev–Trinajstić information content (AvgIpc) is 2.59. The Bertz CT molecular complexity index is 321. The SMILES string of the molecule is COC(=O)C1(C)OC12CCCC21CCC1. The Morgan fingerprint density at radius 1 is 1.20 bits per heavy atom. The third-order valence-electron chi connectivity index (χ3n) is 5.03. The van der Waals surface area contributed by atoms with Gasteiger partial charge in [-0.15, -0.1) is 0 Å². The Hall–Kier alpha value is -0.570. The van der Waals surface area contributed by atoms with Crippen LogP contribution in [-0.4, -0.2) is 24.3 Å². The number of ether oxygens (including phenoxy) is 2. The molecule has 1 aliphatic heterocycles. The molecule has 3 aliphatic rings. The zero-order valence-electron chi connectivity index (χ0n) is 9.47. The maximum absolute atomic E-state index is 11.7. The zero-order valence-corrected chi connectivity index (χ0v) is 9.47. The van der Waals surface area contributed by atoms with Crippen molar-refractivity contribution in [3.05, 3.63) is 0 Å². The molecule has 2 saturated carbocycles. The first-order chi connectivity index (χ1) is 7.10. The summed E-state index contributed by atoms with van der Waals surface area (Å²) in [7, 11) is 1.45. The van der Waals surface area contributed by atoms with Gasteiger partial charge in [-0.2, -0.15) is 0 Å². The topological polar surface area (TPSA) is 38.8 Å². The van der Waals surface area contributed by atoms with Crippen LogP contribution in [0.1, 0.15) is 45.4 Å². The molecule has 3 nitrogen and oxygen atoms in total. The van der Waals surface area contributed by atoms with Gasteiger partial charge in [0.2, 0.25) is 0 Å². The predicted octanol–water partition coefficient (Wildman–Crippen LogP) is 2.04. The molecule has 3 rings (SSSR count). The Morgan fingerprint density at radius 3 is 2.33 bits per heavy atom. The third kappa shape index (κ3) is 0.850. The van der Waals surface area contributed by atoms with Gasteiger partial charge >= 0.3 is 5.97 Å². The average molecular weight is 210 g/mol. The van der Waals surface area contributed by atoms with Crippen LogP contribution in [0.2, 0.25) is 0 Å². The fourth-order valence-corrected chi connectivity index (χ4v) is 4.03. The van der Waals surface area contributed by atoms with Gasteiger partial charge in [-0.05, 0) is 39.0 Å². The molecule has 84 valence electrons. The smallest absolute Gasteiger partial charge is 0.340 e. The van der Waals surface area contributed by atoms with Gasteiger partial charge in [0.25, 0.3) is 0 Å². The van der Waals surface area contributed by atoms with Crippen LogP contribution in [0, 0.1) is 5.41 Å². The molecule has 0 N–H and O–H groups in total. The summed E-state index contributed by atoms with van der Waals surface area (Å²) in [6.07, 6.45) is 7.24. The van der Waals surface area contributed by atoms with E-state index in [1.807, 2.05) is 6.92 Å². The van der Waals surface area contributed by atoms with Gasteiger partial charge in [0, 0.05) is 5.41 Å². The summed E-state index contributed by atoms with van der Waals surface area (Å²) in [5, 5.41) is 0. The van der Waals surface area contributed by atoms with E-state index in [4.69, 9.17) is 9.47 Å². The number of carbonyl (C=O) groups is 1. The Balaban J connectivity index is 1.91. The van der Waals surface area contributed by atoms with Gasteiger partial charge in [-0.3, -0.25) is 0 Å². The van der Waals surface area contributed by atoms with Gasteiger partial charge in [-0.1, -0.05) is 6.42 Å². The maximum Gasteiger partial charge on any atom is 0.340 e. The summed E-state index contributed by atoms with van der Waals surface area (Å²) in [6, 6.07) is 0. The van der Waals surface area contributed by atoms with E-state index in [0.29, 0.717) is 5.41 Å². The fourth-order valence-electron chi connectivity index (χ4n) is 4.03. The van der Waals surface area contributed by atoms with E-state index >= 15 is 0 Å². The normalized spacial score (nSPS) is 45.5. The second-order valence-electron chi connectivity index (χ2n) is 5.44. The van der Waals surface area contributed by atoms with Crippen LogP contribution in [-0.2, 0) is 14.3 Å². The van der Waals surface area contributed by atoms with Crippen LogP contribution in [0.5, 0.6) is 0 Å². The highest BCUT2D eigenvalue weighted by Gasteiger charge is 2.82. The summed E-state index contributed by atoms with van der Waals surface area (Å²) in [5.41, 5.74) is -0.486. The lowest BCUT2D eigenvalue weighted by atomic mass is 9.59. The van der Waals surface area contributed by atoms with Crippen molar-refractivity contribution < 1.29 is 14.3 Å². The third-order valence-corrected chi connectivity index (χ3v) is 5.03. The van der Waals surface area contributed by atoms with E-state index in [0.717, 1.165) is 6.42 Å². The number of carbonyl (C=O) groups excluding carboxylic acids is 1. The molecule has 15 heavy (non-hydrogen) atoms. The number of rotatable bonds is 1. The molecule has 0 aromatic carbocycles. The van der Waals surface area contributed by atoms with Crippen LogP contribution in [0.3, 0.4) is 0 Å². The van der Waals surface area contributed by atoms with Crippen molar-refractivity contribution in [2.45, 2.75) is 56.7 Å². The molecular formula is C12H18O3. The fraction of sp³-hybridized carbons (Fsp3) is 0.917. The van der Waals surface area contributed by atoms with Crippen molar-refractivity contribution in [2.75, 3.05) is 7.11 Å². The number of hydrogen-bond donors (Lipinski definition) is 0. The van der Waals surface area contributed by atoms with E-state index < -0.39 is 5.60 Å². The number of fused-ring (bicyclic) bond motifs is 1. The minimum absolute atomic E-state index is 0.161. The van der Waals surface area contributed by atoms with Crippen molar-refractivity contribution in [2.24, 2.45) is 5.41 Å². The molecule has 1 saturated heterocycles. The highest BCUT2D eigenvalue weighted by molar-refractivity contribution is 5.85. The van der Waals surface area contributed by atoms with Gasteiger partial charge in [0.05, 0.1) is 7.11 Å². The highest BCUT2D eigenvalue weighted by Crippen LogP contribution is 2.72.